The maximum atomic E-state index is 12.6. The van der Waals surface area contributed by atoms with Crippen molar-refractivity contribution in [2.45, 2.75) is 40.5 Å². The molecule has 0 spiro atoms. The Labute approximate surface area is 136 Å². The van der Waals surface area contributed by atoms with E-state index in [0.717, 1.165) is 8.83 Å². The van der Waals surface area contributed by atoms with Gasteiger partial charge < -0.3 is 0 Å². The van der Waals surface area contributed by atoms with Crippen molar-refractivity contribution in [3.63, 3.8) is 0 Å². The second-order valence-electron chi connectivity index (χ2n) is 4.87. The van der Waals surface area contributed by atoms with Crippen LogP contribution in [-0.4, -0.2) is 74.5 Å². The lowest BCUT2D eigenvalue weighted by atomic mass is 10.4. The normalized spacial score (nSPS) is 13.7. The van der Waals surface area contributed by atoms with Gasteiger partial charge in [0.15, 0.2) is 0 Å². The van der Waals surface area contributed by atoms with Gasteiger partial charge in [-0.05, 0) is 12.8 Å². The minimum absolute atomic E-state index is 0.282. The lowest BCUT2D eigenvalue weighted by Crippen LogP contribution is -2.54. The molecule has 0 bridgehead atoms. The highest BCUT2D eigenvalue weighted by molar-refractivity contribution is 7.89. The summed E-state index contributed by atoms with van der Waals surface area (Å²) in [5.74, 6) is 0. The fraction of sp³-hybridized carbons (Fsp3) is 1.00. The first kappa shape index (κ1) is 21.7. The van der Waals surface area contributed by atoms with Crippen molar-refractivity contribution in [1.82, 2.24) is 17.4 Å². The van der Waals surface area contributed by atoms with E-state index in [0.29, 0.717) is 25.9 Å². The first-order chi connectivity index (χ1) is 10.1. The topological polar surface area (TPSA) is 81.2 Å². The third-order valence-electron chi connectivity index (χ3n) is 3.37. The van der Waals surface area contributed by atoms with E-state index in [1.165, 1.54) is 22.7 Å². The maximum absolute atomic E-state index is 12.6. The van der Waals surface area contributed by atoms with Gasteiger partial charge in [0.1, 0.15) is 0 Å². The third kappa shape index (κ3) is 4.87. The first-order valence-corrected chi connectivity index (χ1v) is 10.4. The van der Waals surface area contributed by atoms with Crippen molar-refractivity contribution in [3.8, 4) is 0 Å². The van der Waals surface area contributed by atoms with Crippen molar-refractivity contribution in [1.29, 1.82) is 0 Å². The summed E-state index contributed by atoms with van der Waals surface area (Å²) in [6, 6.07) is 0. The number of nitrogens with zero attached hydrogens (tertiary/aromatic N) is 4. The largest absolute Gasteiger partial charge is 0.295 e. The van der Waals surface area contributed by atoms with E-state index >= 15 is 0 Å². The number of hydrazine groups is 1. The molecule has 0 aromatic heterocycles. The highest BCUT2D eigenvalue weighted by atomic mass is 32.2. The van der Waals surface area contributed by atoms with Crippen molar-refractivity contribution < 1.29 is 16.8 Å². The summed E-state index contributed by atoms with van der Waals surface area (Å²) in [6.45, 7) is 8.48. The number of hydrogen-bond donors (Lipinski definition) is 0. The van der Waals surface area contributed by atoms with Crippen LogP contribution in [0.2, 0.25) is 0 Å². The van der Waals surface area contributed by atoms with Crippen molar-refractivity contribution in [2.24, 2.45) is 0 Å². The highest BCUT2D eigenvalue weighted by Gasteiger charge is 2.36. The van der Waals surface area contributed by atoms with E-state index in [9.17, 15) is 16.8 Å². The molecule has 0 aromatic carbocycles. The zero-order chi connectivity index (χ0) is 17.6. The standard InChI is InChI=1S/C12H30N4O4S2/c1-7-11-16(12-8-2)22(19,20)14(6)13(5)21(17,18)15(9-3)10-4/h7-12H2,1-6H3. The molecule has 0 saturated carbocycles. The average molecular weight is 359 g/mol. The second-order valence-corrected chi connectivity index (χ2v) is 8.75. The van der Waals surface area contributed by atoms with Crippen LogP contribution < -0.4 is 0 Å². The number of rotatable bonds is 11. The van der Waals surface area contributed by atoms with E-state index < -0.39 is 20.4 Å². The van der Waals surface area contributed by atoms with Gasteiger partial charge in [-0.15, -0.1) is 8.83 Å². The Morgan fingerprint density at radius 3 is 1.23 bits per heavy atom. The quantitative estimate of drug-likeness (QED) is 0.510. The van der Waals surface area contributed by atoms with Gasteiger partial charge in [-0.2, -0.15) is 25.4 Å². The maximum Gasteiger partial charge on any atom is 0.295 e. The lowest BCUT2D eigenvalue weighted by molar-refractivity contribution is 0.197. The molecule has 0 saturated heterocycles. The van der Waals surface area contributed by atoms with Crippen LogP contribution >= 0.6 is 0 Å². The zero-order valence-corrected chi connectivity index (χ0v) is 16.1. The van der Waals surface area contributed by atoms with Crippen molar-refractivity contribution in [2.75, 3.05) is 40.3 Å². The van der Waals surface area contributed by atoms with Gasteiger partial charge in [-0.1, -0.05) is 27.7 Å². The molecule has 0 radical (unpaired) electrons. The molecule has 0 fully saturated rings. The zero-order valence-electron chi connectivity index (χ0n) is 14.5. The van der Waals surface area contributed by atoms with Crippen molar-refractivity contribution in [3.05, 3.63) is 0 Å². The third-order valence-corrected chi connectivity index (χ3v) is 7.48. The smallest absolute Gasteiger partial charge is 0.193 e. The Morgan fingerprint density at radius 2 is 0.955 bits per heavy atom. The Bertz CT molecular complexity index is 511. The van der Waals surface area contributed by atoms with E-state index in [1.54, 1.807) is 13.8 Å². The molecule has 8 nitrogen and oxygen atoms in total. The van der Waals surface area contributed by atoms with Gasteiger partial charge in [0.25, 0.3) is 20.4 Å². The van der Waals surface area contributed by atoms with Crippen LogP contribution in [0.4, 0.5) is 0 Å². The van der Waals surface area contributed by atoms with Crippen LogP contribution in [0, 0.1) is 0 Å². The Balaban J connectivity index is 5.49. The van der Waals surface area contributed by atoms with Gasteiger partial charge in [0.05, 0.1) is 0 Å². The summed E-state index contributed by atoms with van der Waals surface area (Å²) in [6.07, 6.45) is 1.33. The molecular weight excluding hydrogens is 328 g/mol. The molecule has 10 heteroatoms. The predicted molar refractivity (Wildman–Crippen MR) is 88.4 cm³/mol. The molecule has 22 heavy (non-hydrogen) atoms. The molecule has 0 aromatic rings. The van der Waals surface area contributed by atoms with Gasteiger partial charge in [-0.3, -0.25) is 0 Å². The van der Waals surface area contributed by atoms with E-state index in [2.05, 4.69) is 0 Å². The van der Waals surface area contributed by atoms with Gasteiger partial charge >= 0.3 is 0 Å². The van der Waals surface area contributed by atoms with Crippen LogP contribution in [0.1, 0.15) is 40.5 Å². The molecule has 0 aliphatic heterocycles. The SMILES string of the molecule is CCCN(CCC)S(=O)(=O)N(C)N(C)S(=O)(=O)N(CC)CC. The van der Waals surface area contributed by atoms with Crippen LogP contribution in [0.5, 0.6) is 0 Å². The second kappa shape index (κ2) is 9.14. The van der Waals surface area contributed by atoms with Crippen LogP contribution in [0.15, 0.2) is 0 Å². The van der Waals surface area contributed by atoms with Crippen LogP contribution in [0.25, 0.3) is 0 Å². The van der Waals surface area contributed by atoms with E-state index in [-0.39, 0.29) is 13.1 Å². The Hall–Kier alpha value is -0.260. The molecule has 134 valence electrons. The molecule has 0 atom stereocenters. The fourth-order valence-electron chi connectivity index (χ4n) is 2.02. The van der Waals surface area contributed by atoms with Crippen LogP contribution in [0.3, 0.4) is 0 Å². The van der Waals surface area contributed by atoms with Gasteiger partial charge in [0, 0.05) is 40.3 Å². The molecule has 0 heterocycles. The summed E-state index contributed by atoms with van der Waals surface area (Å²) < 4.78 is 54.2. The predicted octanol–water partition coefficient (Wildman–Crippen LogP) is 0.718. The molecule has 0 rings (SSSR count). The van der Waals surface area contributed by atoms with Crippen LogP contribution in [-0.2, 0) is 20.4 Å². The summed E-state index contributed by atoms with van der Waals surface area (Å²) >= 11 is 0. The lowest BCUT2D eigenvalue weighted by Gasteiger charge is -2.34. The Morgan fingerprint density at radius 1 is 0.636 bits per heavy atom. The molecule has 0 aliphatic rings. The molecular formula is C12H30N4O4S2. The summed E-state index contributed by atoms with van der Waals surface area (Å²) in [7, 11) is -5.22. The first-order valence-electron chi connectivity index (χ1n) is 7.58. The van der Waals surface area contributed by atoms with E-state index in [4.69, 9.17) is 0 Å². The molecule has 0 N–H and O–H groups in total. The average Bonchev–Trinajstić information content (AvgIpc) is 2.46. The number of hydrogen-bond acceptors (Lipinski definition) is 4. The minimum atomic E-state index is -3.87. The minimum Gasteiger partial charge on any atom is -0.193 e. The fourth-order valence-corrected chi connectivity index (χ4v) is 5.25. The van der Waals surface area contributed by atoms with E-state index in [1.807, 2.05) is 13.8 Å². The summed E-state index contributed by atoms with van der Waals surface area (Å²) in [5.41, 5.74) is 0. The highest BCUT2D eigenvalue weighted by Crippen LogP contribution is 2.15. The monoisotopic (exact) mass is 358 g/mol. The summed E-state index contributed by atoms with van der Waals surface area (Å²) in [4.78, 5) is 0. The van der Waals surface area contributed by atoms with Gasteiger partial charge in [0.2, 0.25) is 0 Å². The van der Waals surface area contributed by atoms with Crippen molar-refractivity contribution >= 4 is 20.4 Å². The molecule has 0 amide bonds. The molecule has 0 unspecified atom stereocenters. The molecule has 0 aliphatic carbocycles. The summed E-state index contributed by atoms with van der Waals surface area (Å²) in [5, 5.41) is 0. The Kier molecular flexibility index (Phi) is 9.03. The van der Waals surface area contributed by atoms with Gasteiger partial charge in [-0.25, -0.2) is 0 Å².